The zero-order chi connectivity index (χ0) is 18.6. The fourth-order valence-corrected chi connectivity index (χ4v) is 3.48. The van der Waals surface area contributed by atoms with Crippen LogP contribution in [0.15, 0.2) is 12.1 Å². The number of hydrogen-bond acceptors (Lipinski definition) is 3. The molecule has 0 radical (unpaired) electrons. The van der Waals surface area contributed by atoms with Crippen molar-refractivity contribution in [3.05, 3.63) is 28.3 Å². The average molecular weight is 367 g/mol. The highest BCUT2D eigenvalue weighted by molar-refractivity contribution is 6.30. The van der Waals surface area contributed by atoms with Gasteiger partial charge in [0.2, 0.25) is 11.8 Å². The number of carbonyl (C=O) groups excluding carboxylic acids is 2. The molecule has 0 aromatic heterocycles. The summed E-state index contributed by atoms with van der Waals surface area (Å²) in [7, 11) is 1.60. The van der Waals surface area contributed by atoms with E-state index in [4.69, 9.17) is 16.3 Å². The average Bonchev–Trinajstić information content (AvgIpc) is 2.54. The van der Waals surface area contributed by atoms with Crippen molar-refractivity contribution in [2.45, 2.75) is 33.6 Å². The smallest absolute Gasteiger partial charge is 0.227 e. The van der Waals surface area contributed by atoms with Crippen LogP contribution in [0.5, 0.6) is 5.75 Å². The Balaban J connectivity index is 1.97. The normalized spacial score (nSPS) is 14.8. The minimum absolute atomic E-state index is 0.0379. The van der Waals surface area contributed by atoms with Crippen LogP contribution in [0, 0.1) is 12.8 Å². The van der Waals surface area contributed by atoms with Crippen molar-refractivity contribution in [3.63, 3.8) is 0 Å². The Bertz CT molecular complexity index is 638. The molecular weight excluding hydrogens is 340 g/mol. The highest BCUT2D eigenvalue weighted by atomic mass is 35.5. The second-order valence-electron chi connectivity index (χ2n) is 6.95. The topological polar surface area (TPSA) is 49.9 Å². The summed E-state index contributed by atoms with van der Waals surface area (Å²) >= 11 is 6.12. The van der Waals surface area contributed by atoms with E-state index in [9.17, 15) is 9.59 Å². The molecule has 0 bridgehead atoms. The van der Waals surface area contributed by atoms with Crippen LogP contribution in [0.3, 0.4) is 0 Å². The van der Waals surface area contributed by atoms with E-state index in [1.54, 1.807) is 13.2 Å². The number of rotatable bonds is 5. The predicted molar refractivity (Wildman–Crippen MR) is 99.1 cm³/mol. The Morgan fingerprint density at radius 2 is 1.68 bits per heavy atom. The Hall–Kier alpha value is -1.75. The molecule has 1 saturated heterocycles. The number of hydrogen-bond donors (Lipinski definition) is 0. The van der Waals surface area contributed by atoms with Crippen molar-refractivity contribution < 1.29 is 14.3 Å². The van der Waals surface area contributed by atoms with E-state index in [1.807, 2.05) is 36.6 Å². The second-order valence-corrected chi connectivity index (χ2v) is 7.39. The highest BCUT2D eigenvalue weighted by Crippen LogP contribution is 2.28. The number of methoxy groups -OCH3 is 1. The summed E-state index contributed by atoms with van der Waals surface area (Å²) in [5.41, 5.74) is 1.72. The van der Waals surface area contributed by atoms with Gasteiger partial charge in [0, 0.05) is 43.2 Å². The molecule has 138 valence electrons. The molecule has 0 spiro atoms. The molecule has 1 heterocycles. The van der Waals surface area contributed by atoms with Gasteiger partial charge in [-0.25, -0.2) is 0 Å². The molecule has 0 unspecified atom stereocenters. The van der Waals surface area contributed by atoms with Crippen molar-refractivity contribution in [1.82, 2.24) is 9.80 Å². The van der Waals surface area contributed by atoms with Crippen LogP contribution in [0.25, 0.3) is 0 Å². The maximum absolute atomic E-state index is 12.6. The first-order valence-electron chi connectivity index (χ1n) is 8.70. The summed E-state index contributed by atoms with van der Waals surface area (Å²) in [5, 5.41) is 0.602. The van der Waals surface area contributed by atoms with Gasteiger partial charge in [0.05, 0.1) is 13.5 Å². The lowest BCUT2D eigenvalue weighted by Crippen LogP contribution is -2.51. The first-order valence-corrected chi connectivity index (χ1v) is 9.08. The number of piperazine rings is 1. The van der Waals surface area contributed by atoms with Crippen molar-refractivity contribution in [1.29, 1.82) is 0 Å². The number of aryl methyl sites for hydroxylation is 1. The van der Waals surface area contributed by atoms with E-state index in [-0.39, 0.29) is 18.2 Å². The molecule has 1 fully saturated rings. The summed E-state index contributed by atoms with van der Waals surface area (Å²) in [6, 6.07) is 3.61. The summed E-state index contributed by atoms with van der Waals surface area (Å²) < 4.78 is 5.42. The van der Waals surface area contributed by atoms with Gasteiger partial charge in [-0.05, 0) is 30.5 Å². The van der Waals surface area contributed by atoms with Crippen LogP contribution >= 0.6 is 11.6 Å². The quantitative estimate of drug-likeness (QED) is 0.805. The summed E-state index contributed by atoms with van der Waals surface area (Å²) in [4.78, 5) is 28.4. The third-order valence-electron chi connectivity index (χ3n) is 4.43. The number of ether oxygens (including phenoxy) is 1. The summed E-state index contributed by atoms with van der Waals surface area (Å²) in [6.07, 6.45) is 0.817. The van der Waals surface area contributed by atoms with Gasteiger partial charge in [0.25, 0.3) is 0 Å². The van der Waals surface area contributed by atoms with Gasteiger partial charge >= 0.3 is 0 Å². The highest BCUT2D eigenvalue weighted by Gasteiger charge is 2.25. The van der Waals surface area contributed by atoms with Gasteiger partial charge in [0.15, 0.2) is 0 Å². The molecule has 0 N–H and O–H groups in total. The third kappa shape index (κ3) is 5.11. The van der Waals surface area contributed by atoms with Crippen molar-refractivity contribution >= 4 is 23.4 Å². The monoisotopic (exact) mass is 366 g/mol. The van der Waals surface area contributed by atoms with Crippen LogP contribution in [0.4, 0.5) is 0 Å². The molecular formula is C19H27ClN2O3. The Morgan fingerprint density at radius 3 is 2.20 bits per heavy atom. The second kappa shape index (κ2) is 8.56. The third-order valence-corrected chi connectivity index (χ3v) is 4.65. The Morgan fingerprint density at radius 1 is 1.12 bits per heavy atom. The van der Waals surface area contributed by atoms with Gasteiger partial charge in [-0.3, -0.25) is 9.59 Å². The van der Waals surface area contributed by atoms with Crippen molar-refractivity contribution in [2.24, 2.45) is 5.92 Å². The minimum atomic E-state index is 0.0379. The fourth-order valence-electron chi connectivity index (χ4n) is 3.18. The van der Waals surface area contributed by atoms with E-state index in [2.05, 4.69) is 0 Å². The molecule has 1 aliphatic rings. The minimum Gasteiger partial charge on any atom is -0.496 e. The fraction of sp³-hybridized carbons (Fsp3) is 0.579. The number of carbonyl (C=O) groups is 2. The molecule has 6 heteroatoms. The van der Waals surface area contributed by atoms with Crippen LogP contribution in [-0.4, -0.2) is 54.9 Å². The first-order chi connectivity index (χ1) is 11.8. The zero-order valence-electron chi connectivity index (χ0n) is 15.5. The van der Waals surface area contributed by atoms with Crippen LogP contribution in [0.1, 0.15) is 31.4 Å². The van der Waals surface area contributed by atoms with E-state index >= 15 is 0 Å². The predicted octanol–water partition coefficient (Wildman–Crippen LogP) is 2.92. The number of amides is 2. The maximum atomic E-state index is 12.6. The molecule has 1 aliphatic heterocycles. The van der Waals surface area contributed by atoms with Gasteiger partial charge in [-0.2, -0.15) is 0 Å². The van der Waals surface area contributed by atoms with Gasteiger partial charge < -0.3 is 14.5 Å². The van der Waals surface area contributed by atoms with Crippen molar-refractivity contribution in [2.75, 3.05) is 33.3 Å². The van der Waals surface area contributed by atoms with Crippen LogP contribution in [-0.2, 0) is 16.0 Å². The lowest BCUT2D eigenvalue weighted by molar-refractivity contribution is -0.139. The first kappa shape index (κ1) is 19.6. The number of nitrogens with zero attached hydrogens (tertiary/aromatic N) is 2. The van der Waals surface area contributed by atoms with E-state index in [0.717, 1.165) is 11.1 Å². The van der Waals surface area contributed by atoms with Gasteiger partial charge in [0.1, 0.15) is 5.75 Å². The van der Waals surface area contributed by atoms with Crippen LogP contribution < -0.4 is 4.74 Å². The van der Waals surface area contributed by atoms with E-state index < -0.39 is 0 Å². The molecule has 2 rings (SSSR count). The van der Waals surface area contributed by atoms with E-state index in [0.29, 0.717) is 49.3 Å². The van der Waals surface area contributed by atoms with E-state index in [1.165, 1.54) is 0 Å². The SMILES string of the molecule is COc1c(C)cc(Cl)cc1CC(=O)N1CCN(C(=O)CC(C)C)CC1. The van der Waals surface area contributed by atoms with Gasteiger partial charge in [-0.15, -0.1) is 0 Å². The molecule has 1 aromatic carbocycles. The number of benzene rings is 1. The standard InChI is InChI=1S/C19H27ClN2O3/c1-13(2)9-17(23)21-5-7-22(8-6-21)18(24)12-15-11-16(20)10-14(3)19(15)25-4/h10-11,13H,5-9,12H2,1-4H3. The zero-order valence-corrected chi connectivity index (χ0v) is 16.2. The number of halogens is 1. The Kier molecular flexibility index (Phi) is 6.71. The molecule has 0 aliphatic carbocycles. The molecule has 25 heavy (non-hydrogen) atoms. The summed E-state index contributed by atoms with van der Waals surface area (Å²) in [6.45, 7) is 8.34. The molecule has 0 atom stereocenters. The molecule has 0 saturated carbocycles. The Labute approximate surface area is 154 Å². The molecule has 5 nitrogen and oxygen atoms in total. The largest absolute Gasteiger partial charge is 0.496 e. The maximum Gasteiger partial charge on any atom is 0.227 e. The molecule has 2 amide bonds. The van der Waals surface area contributed by atoms with Crippen LogP contribution in [0.2, 0.25) is 5.02 Å². The van der Waals surface area contributed by atoms with Crippen molar-refractivity contribution in [3.8, 4) is 5.75 Å². The lowest BCUT2D eigenvalue weighted by Gasteiger charge is -2.35. The lowest BCUT2D eigenvalue weighted by atomic mass is 10.1. The van der Waals surface area contributed by atoms with Gasteiger partial charge in [-0.1, -0.05) is 25.4 Å². The molecule has 1 aromatic rings. The summed E-state index contributed by atoms with van der Waals surface area (Å²) in [5.74, 6) is 1.28.